The number of hydrogen-bond acceptors (Lipinski definition) is 4. The molecule has 6 heteroatoms. The second-order valence-corrected chi connectivity index (χ2v) is 7.57. The first kappa shape index (κ1) is 20.0. The van der Waals surface area contributed by atoms with Crippen LogP contribution in [0.4, 0.5) is 0 Å². The first-order valence-electron chi connectivity index (χ1n) is 9.09. The number of nitrogens with two attached hydrogens (primary N) is 1. The number of nitriles is 1. The highest BCUT2D eigenvalue weighted by atomic mass is 35.5. The molecule has 1 fully saturated rings. The first-order chi connectivity index (χ1) is 12.7. The van der Waals surface area contributed by atoms with E-state index in [1.807, 2.05) is 0 Å². The molecule has 1 aliphatic heterocycles. The summed E-state index contributed by atoms with van der Waals surface area (Å²) in [7, 11) is 0. The maximum atomic E-state index is 9.04. The molecule has 0 unspecified atom stereocenters. The van der Waals surface area contributed by atoms with Crippen molar-refractivity contribution in [1.29, 1.82) is 5.26 Å². The number of benzene rings is 2. The molecule has 27 heavy (non-hydrogen) atoms. The molecule has 2 aromatic carbocycles. The zero-order valence-electron chi connectivity index (χ0n) is 15.0. The third-order valence-electron chi connectivity index (χ3n) is 5.41. The number of fused-ring (bicyclic) bond motifs is 1. The van der Waals surface area contributed by atoms with E-state index in [2.05, 4.69) is 35.2 Å². The van der Waals surface area contributed by atoms with Gasteiger partial charge in [0.15, 0.2) is 0 Å². The van der Waals surface area contributed by atoms with Crippen LogP contribution in [0.15, 0.2) is 42.5 Å². The number of likely N-dealkylation sites (tertiary alicyclic amines) is 1. The van der Waals surface area contributed by atoms with Gasteiger partial charge in [0, 0.05) is 12.6 Å². The zero-order valence-corrected chi connectivity index (χ0v) is 16.5. The van der Waals surface area contributed by atoms with Crippen LogP contribution >= 0.6 is 24.0 Å². The summed E-state index contributed by atoms with van der Waals surface area (Å²) in [5.74, 6) is 0.624. The van der Waals surface area contributed by atoms with Crippen molar-refractivity contribution in [3.63, 3.8) is 0 Å². The highest BCUT2D eigenvalue weighted by Gasteiger charge is 2.39. The SMILES string of the molecule is Cl.N#Cc1ccc(O[C@@H]2c3ccccc3C[C@H]2N2CCC[C@@H](N)C2)c(Cl)c1. The molecule has 3 atom stereocenters. The molecule has 2 aromatic rings. The van der Waals surface area contributed by atoms with Crippen molar-refractivity contribution in [3.05, 3.63) is 64.2 Å². The molecule has 0 aromatic heterocycles. The van der Waals surface area contributed by atoms with Gasteiger partial charge in [0.1, 0.15) is 11.9 Å². The zero-order chi connectivity index (χ0) is 18.1. The van der Waals surface area contributed by atoms with Gasteiger partial charge < -0.3 is 10.5 Å². The molecule has 1 saturated heterocycles. The van der Waals surface area contributed by atoms with Crippen molar-refractivity contribution in [2.24, 2.45) is 5.73 Å². The lowest BCUT2D eigenvalue weighted by molar-refractivity contribution is 0.0594. The highest BCUT2D eigenvalue weighted by molar-refractivity contribution is 6.32. The topological polar surface area (TPSA) is 62.3 Å². The molecule has 0 saturated carbocycles. The van der Waals surface area contributed by atoms with Crippen LogP contribution in [0.2, 0.25) is 5.02 Å². The number of hydrogen-bond donors (Lipinski definition) is 1. The minimum absolute atomic E-state index is 0. The Morgan fingerprint density at radius 3 is 2.78 bits per heavy atom. The Labute approximate surface area is 171 Å². The summed E-state index contributed by atoms with van der Waals surface area (Å²) >= 11 is 6.36. The molecular formula is C21H23Cl2N3O. The van der Waals surface area contributed by atoms with E-state index in [-0.39, 0.29) is 30.6 Å². The van der Waals surface area contributed by atoms with Crippen LogP contribution in [0.3, 0.4) is 0 Å². The van der Waals surface area contributed by atoms with Crippen LogP contribution in [-0.2, 0) is 6.42 Å². The highest BCUT2D eigenvalue weighted by Crippen LogP contribution is 2.40. The van der Waals surface area contributed by atoms with Crippen molar-refractivity contribution in [3.8, 4) is 11.8 Å². The standard InChI is InChI=1S/C21H22ClN3O.ClH/c22-18-10-14(12-23)7-8-20(18)26-21-17-6-2-1-4-15(17)11-19(21)25-9-3-5-16(24)13-25;/h1-2,4,6-8,10,16,19,21H,3,5,9,11,13,24H2;1H/t16-,19-,21-;/m1./s1. The molecule has 1 heterocycles. The van der Waals surface area contributed by atoms with Gasteiger partial charge in [-0.3, -0.25) is 4.90 Å². The van der Waals surface area contributed by atoms with Crippen molar-refractivity contribution in [2.75, 3.05) is 13.1 Å². The summed E-state index contributed by atoms with van der Waals surface area (Å²) in [5.41, 5.74) is 9.30. The van der Waals surface area contributed by atoms with Gasteiger partial charge in [-0.1, -0.05) is 35.9 Å². The van der Waals surface area contributed by atoms with Crippen molar-refractivity contribution in [2.45, 2.75) is 37.5 Å². The van der Waals surface area contributed by atoms with Crippen LogP contribution in [0, 0.1) is 11.3 Å². The van der Waals surface area contributed by atoms with E-state index < -0.39 is 0 Å². The van der Waals surface area contributed by atoms with Crippen LogP contribution in [0.5, 0.6) is 5.75 Å². The van der Waals surface area contributed by atoms with Gasteiger partial charge in [0.25, 0.3) is 0 Å². The van der Waals surface area contributed by atoms with E-state index >= 15 is 0 Å². The lowest BCUT2D eigenvalue weighted by atomic mass is 10.0. The summed E-state index contributed by atoms with van der Waals surface area (Å²) in [6.45, 7) is 1.95. The lowest BCUT2D eigenvalue weighted by Crippen LogP contribution is -2.49. The normalized spacial score (nSPS) is 24.6. The minimum Gasteiger partial charge on any atom is -0.482 e. The molecule has 2 aliphatic rings. The molecular weight excluding hydrogens is 381 g/mol. The Bertz CT molecular complexity index is 852. The van der Waals surface area contributed by atoms with Crippen LogP contribution in [-0.4, -0.2) is 30.1 Å². The van der Waals surface area contributed by atoms with Crippen LogP contribution < -0.4 is 10.5 Å². The van der Waals surface area contributed by atoms with Gasteiger partial charge in [-0.05, 0) is 55.1 Å². The maximum absolute atomic E-state index is 9.04. The molecule has 142 valence electrons. The van der Waals surface area contributed by atoms with E-state index in [1.165, 1.54) is 11.1 Å². The fourth-order valence-electron chi connectivity index (χ4n) is 4.14. The van der Waals surface area contributed by atoms with Crippen molar-refractivity contribution >= 4 is 24.0 Å². The fourth-order valence-corrected chi connectivity index (χ4v) is 4.37. The second kappa shape index (κ2) is 8.50. The third kappa shape index (κ3) is 4.07. The van der Waals surface area contributed by atoms with E-state index in [0.717, 1.165) is 32.4 Å². The lowest BCUT2D eigenvalue weighted by Gasteiger charge is -2.38. The summed E-state index contributed by atoms with van der Waals surface area (Å²) in [6.07, 6.45) is 3.09. The van der Waals surface area contributed by atoms with E-state index in [0.29, 0.717) is 16.3 Å². The quantitative estimate of drug-likeness (QED) is 0.837. The predicted molar refractivity (Wildman–Crippen MR) is 110 cm³/mol. The van der Waals surface area contributed by atoms with Gasteiger partial charge in [-0.2, -0.15) is 5.26 Å². The molecule has 0 spiro atoms. The monoisotopic (exact) mass is 403 g/mol. The molecule has 0 bridgehead atoms. The fraction of sp³-hybridized carbons (Fsp3) is 0.381. The van der Waals surface area contributed by atoms with E-state index in [1.54, 1.807) is 18.2 Å². The van der Waals surface area contributed by atoms with Gasteiger partial charge in [-0.15, -0.1) is 12.4 Å². The van der Waals surface area contributed by atoms with Crippen molar-refractivity contribution in [1.82, 2.24) is 4.90 Å². The number of rotatable bonds is 3. The molecule has 4 nitrogen and oxygen atoms in total. The number of ether oxygens (including phenoxy) is 1. The van der Waals surface area contributed by atoms with Gasteiger partial charge in [-0.25, -0.2) is 0 Å². The van der Waals surface area contributed by atoms with Gasteiger partial charge in [0.2, 0.25) is 0 Å². The maximum Gasteiger partial charge on any atom is 0.140 e. The molecule has 2 N–H and O–H groups in total. The molecule has 0 amide bonds. The summed E-state index contributed by atoms with van der Waals surface area (Å²) in [6, 6.07) is 16.2. The summed E-state index contributed by atoms with van der Waals surface area (Å²) in [4.78, 5) is 2.47. The third-order valence-corrected chi connectivity index (χ3v) is 5.71. The largest absolute Gasteiger partial charge is 0.482 e. The van der Waals surface area contributed by atoms with Crippen LogP contribution in [0.1, 0.15) is 35.6 Å². The van der Waals surface area contributed by atoms with Gasteiger partial charge in [0.05, 0.1) is 22.7 Å². The summed E-state index contributed by atoms with van der Waals surface area (Å²) in [5, 5.41) is 9.51. The van der Waals surface area contributed by atoms with Gasteiger partial charge >= 0.3 is 0 Å². The Hall–Kier alpha value is -1.77. The Kier molecular flexibility index (Phi) is 6.29. The Morgan fingerprint density at radius 2 is 2.04 bits per heavy atom. The van der Waals surface area contributed by atoms with Crippen LogP contribution in [0.25, 0.3) is 0 Å². The average molecular weight is 404 g/mol. The number of nitrogens with zero attached hydrogens (tertiary/aromatic N) is 2. The van der Waals surface area contributed by atoms with E-state index in [4.69, 9.17) is 27.3 Å². The average Bonchev–Trinajstić information content (AvgIpc) is 3.02. The predicted octanol–water partition coefficient (Wildman–Crippen LogP) is 4.10. The smallest absolute Gasteiger partial charge is 0.140 e. The summed E-state index contributed by atoms with van der Waals surface area (Å²) < 4.78 is 6.41. The number of piperidine rings is 1. The first-order valence-corrected chi connectivity index (χ1v) is 9.47. The minimum atomic E-state index is -0.0815. The van der Waals surface area contributed by atoms with Crippen molar-refractivity contribution < 1.29 is 4.74 Å². The molecule has 0 radical (unpaired) electrons. The Morgan fingerprint density at radius 1 is 1.22 bits per heavy atom. The Balaban J connectivity index is 0.00000210. The van der Waals surface area contributed by atoms with E-state index in [9.17, 15) is 0 Å². The molecule has 1 aliphatic carbocycles. The molecule has 4 rings (SSSR count). The number of halogens is 2. The second-order valence-electron chi connectivity index (χ2n) is 7.16.